The molecule has 1 heteroatoms. The van der Waals surface area contributed by atoms with Crippen molar-refractivity contribution in [1.29, 1.82) is 0 Å². The van der Waals surface area contributed by atoms with Crippen LogP contribution in [0, 0.1) is 19.3 Å². The van der Waals surface area contributed by atoms with Gasteiger partial charge in [0.2, 0.25) is 0 Å². The molecule has 1 aliphatic rings. The molecule has 1 saturated carbocycles. The van der Waals surface area contributed by atoms with Gasteiger partial charge in [-0.25, -0.2) is 0 Å². The zero-order valence-corrected chi connectivity index (χ0v) is 11.4. The second-order valence-electron chi connectivity index (χ2n) is 5.40. The molecule has 0 amide bonds. The first-order valence-electron chi connectivity index (χ1n) is 6.99. The molecule has 1 atom stereocenters. The predicted molar refractivity (Wildman–Crippen MR) is 77.6 cm³/mol. The van der Waals surface area contributed by atoms with E-state index < -0.39 is 0 Å². The molecule has 0 radical (unpaired) electrons. The average molecular weight is 241 g/mol. The molecule has 1 aromatic carbocycles. The summed E-state index contributed by atoms with van der Waals surface area (Å²) in [5.41, 5.74) is 2.96. The zero-order valence-electron chi connectivity index (χ0n) is 11.4. The number of rotatable bonds is 5. The van der Waals surface area contributed by atoms with Crippen molar-refractivity contribution in [2.75, 3.05) is 0 Å². The van der Waals surface area contributed by atoms with Gasteiger partial charge in [-0.2, -0.15) is 0 Å². The van der Waals surface area contributed by atoms with Crippen molar-refractivity contribution in [2.45, 2.75) is 57.5 Å². The maximum atomic E-state index is 5.39. The van der Waals surface area contributed by atoms with E-state index in [1.165, 1.54) is 24.0 Å². The molecule has 0 heterocycles. The summed E-state index contributed by atoms with van der Waals surface area (Å²) >= 11 is 0. The summed E-state index contributed by atoms with van der Waals surface area (Å²) in [5.74, 6) is 3.50. The van der Waals surface area contributed by atoms with Crippen LogP contribution in [0.3, 0.4) is 0 Å². The van der Waals surface area contributed by atoms with Crippen molar-refractivity contribution in [1.82, 2.24) is 5.32 Å². The Kier molecular flexibility index (Phi) is 4.44. The number of aryl methyl sites for hydroxylation is 1. The van der Waals surface area contributed by atoms with E-state index in [-0.39, 0.29) is 0 Å². The highest BCUT2D eigenvalue weighted by molar-refractivity contribution is 5.31. The van der Waals surface area contributed by atoms with Crippen molar-refractivity contribution < 1.29 is 0 Å². The minimum absolute atomic E-state index is 0.498. The molecule has 0 bridgehead atoms. The third kappa shape index (κ3) is 2.94. The van der Waals surface area contributed by atoms with Gasteiger partial charge in [0.25, 0.3) is 0 Å². The summed E-state index contributed by atoms with van der Waals surface area (Å²) in [6.07, 6.45) is 9.87. The fourth-order valence-corrected chi connectivity index (χ4v) is 2.85. The highest BCUT2D eigenvalue weighted by Crippen LogP contribution is 2.38. The number of hydrogen-bond donors (Lipinski definition) is 1. The van der Waals surface area contributed by atoms with E-state index in [1.54, 1.807) is 0 Å². The molecule has 1 aliphatic carbocycles. The Bertz CT molecular complexity index is 423. The first-order valence-corrected chi connectivity index (χ1v) is 6.99. The van der Waals surface area contributed by atoms with Crippen LogP contribution >= 0.6 is 0 Å². The largest absolute Gasteiger partial charge is 0.310 e. The maximum absolute atomic E-state index is 5.39. The summed E-state index contributed by atoms with van der Waals surface area (Å²) in [4.78, 5) is 0. The van der Waals surface area contributed by atoms with Crippen LogP contribution in [0.4, 0.5) is 0 Å². The minimum atomic E-state index is 0.498. The van der Waals surface area contributed by atoms with Gasteiger partial charge < -0.3 is 5.32 Å². The Hall–Kier alpha value is -1.26. The van der Waals surface area contributed by atoms with Gasteiger partial charge in [0.15, 0.2) is 0 Å². The fourth-order valence-electron chi connectivity index (χ4n) is 2.85. The van der Waals surface area contributed by atoms with Crippen LogP contribution in [0.2, 0.25) is 0 Å². The van der Waals surface area contributed by atoms with Crippen LogP contribution in [0.25, 0.3) is 0 Å². The van der Waals surface area contributed by atoms with E-state index in [0.717, 1.165) is 18.8 Å². The lowest BCUT2D eigenvalue weighted by Crippen LogP contribution is -2.45. The van der Waals surface area contributed by atoms with E-state index in [4.69, 9.17) is 6.42 Å². The molecular formula is C17H23N. The van der Waals surface area contributed by atoms with Gasteiger partial charge in [0.05, 0.1) is 0 Å². The third-order valence-electron chi connectivity index (χ3n) is 4.09. The molecule has 0 saturated heterocycles. The van der Waals surface area contributed by atoms with Crippen molar-refractivity contribution in [3.63, 3.8) is 0 Å². The summed E-state index contributed by atoms with van der Waals surface area (Å²) in [6, 6.07) is 9.91. The van der Waals surface area contributed by atoms with E-state index in [0.29, 0.717) is 12.1 Å². The quantitative estimate of drug-likeness (QED) is 0.776. The summed E-state index contributed by atoms with van der Waals surface area (Å²) < 4.78 is 0. The van der Waals surface area contributed by atoms with Gasteiger partial charge in [-0.05, 0) is 43.2 Å². The molecule has 1 fully saturated rings. The van der Waals surface area contributed by atoms with E-state index in [1.807, 2.05) is 0 Å². The molecule has 18 heavy (non-hydrogen) atoms. The molecule has 1 unspecified atom stereocenters. The van der Waals surface area contributed by atoms with Crippen molar-refractivity contribution in [2.24, 2.45) is 0 Å². The zero-order chi connectivity index (χ0) is 13.0. The molecule has 1 N–H and O–H groups in total. The highest BCUT2D eigenvalue weighted by Gasteiger charge is 2.31. The van der Waals surface area contributed by atoms with Gasteiger partial charge in [0, 0.05) is 18.5 Å². The minimum Gasteiger partial charge on any atom is -0.310 e. The first kappa shape index (κ1) is 13.2. The predicted octanol–water partition coefficient (Wildman–Crippen LogP) is 3.63. The van der Waals surface area contributed by atoms with Gasteiger partial charge in [-0.15, -0.1) is 12.3 Å². The Morgan fingerprint density at radius 3 is 2.72 bits per heavy atom. The van der Waals surface area contributed by atoms with Crippen LogP contribution in [-0.2, 0) is 0 Å². The number of terminal acetylenes is 1. The van der Waals surface area contributed by atoms with Gasteiger partial charge in [0.1, 0.15) is 0 Å². The van der Waals surface area contributed by atoms with Crippen molar-refractivity contribution in [3.05, 3.63) is 35.4 Å². The SMILES string of the molecule is C#CCC(CC)NC1CC(c2ccccc2C)C1. The number of hydrogen-bond acceptors (Lipinski definition) is 1. The maximum Gasteiger partial charge on any atom is 0.0240 e. The molecule has 0 aliphatic heterocycles. The van der Waals surface area contributed by atoms with Gasteiger partial charge in [-0.1, -0.05) is 31.2 Å². The molecule has 0 spiro atoms. The Morgan fingerprint density at radius 2 is 2.11 bits per heavy atom. The summed E-state index contributed by atoms with van der Waals surface area (Å²) in [7, 11) is 0. The smallest absolute Gasteiger partial charge is 0.0240 e. The Labute approximate surface area is 111 Å². The molecular weight excluding hydrogens is 218 g/mol. The lowest BCUT2D eigenvalue weighted by molar-refractivity contribution is 0.262. The second kappa shape index (κ2) is 6.07. The molecule has 0 aromatic heterocycles. The van der Waals surface area contributed by atoms with Crippen LogP contribution in [0.15, 0.2) is 24.3 Å². The lowest BCUT2D eigenvalue weighted by atomic mass is 9.74. The normalized spacial score (nSPS) is 24.1. The van der Waals surface area contributed by atoms with Crippen LogP contribution in [0.5, 0.6) is 0 Å². The van der Waals surface area contributed by atoms with Crippen molar-refractivity contribution >= 4 is 0 Å². The molecule has 2 rings (SSSR count). The highest BCUT2D eigenvalue weighted by atomic mass is 15.0. The molecule has 1 aromatic rings. The summed E-state index contributed by atoms with van der Waals surface area (Å²) in [6.45, 7) is 4.41. The van der Waals surface area contributed by atoms with E-state index in [2.05, 4.69) is 49.4 Å². The first-order chi connectivity index (χ1) is 8.74. The monoisotopic (exact) mass is 241 g/mol. The second-order valence-corrected chi connectivity index (χ2v) is 5.40. The standard InChI is InChI=1S/C17H23N/c1-4-8-15(5-2)18-16-11-14(12-16)17-10-7-6-9-13(17)3/h1,6-7,9-10,14-16,18H,5,8,11-12H2,2-3H3. The van der Waals surface area contributed by atoms with Crippen molar-refractivity contribution in [3.8, 4) is 12.3 Å². The topological polar surface area (TPSA) is 12.0 Å². The average Bonchev–Trinajstić information content (AvgIpc) is 2.33. The Morgan fingerprint density at radius 1 is 1.39 bits per heavy atom. The lowest BCUT2D eigenvalue weighted by Gasteiger charge is -2.39. The van der Waals surface area contributed by atoms with E-state index >= 15 is 0 Å². The van der Waals surface area contributed by atoms with Gasteiger partial charge in [-0.3, -0.25) is 0 Å². The van der Waals surface area contributed by atoms with Crippen LogP contribution < -0.4 is 5.32 Å². The fraction of sp³-hybridized carbons (Fsp3) is 0.529. The Balaban J connectivity index is 1.84. The number of nitrogens with one attached hydrogen (secondary N) is 1. The number of benzene rings is 1. The van der Waals surface area contributed by atoms with Crippen LogP contribution in [0.1, 0.15) is 49.7 Å². The molecule has 96 valence electrons. The van der Waals surface area contributed by atoms with E-state index in [9.17, 15) is 0 Å². The third-order valence-corrected chi connectivity index (χ3v) is 4.09. The van der Waals surface area contributed by atoms with Gasteiger partial charge >= 0.3 is 0 Å². The molecule has 1 nitrogen and oxygen atoms in total. The van der Waals surface area contributed by atoms with Crippen LogP contribution in [-0.4, -0.2) is 12.1 Å². The summed E-state index contributed by atoms with van der Waals surface area (Å²) in [5, 5.41) is 3.68.